The van der Waals surface area contributed by atoms with E-state index in [0.717, 1.165) is 5.56 Å². The van der Waals surface area contributed by atoms with E-state index in [9.17, 15) is 9.18 Å². The minimum absolute atomic E-state index is 0.159. The number of nitrogens with one attached hydrogen (secondary N) is 1. The molecule has 3 N–H and O–H groups in total. The van der Waals surface area contributed by atoms with Crippen LogP contribution in [0, 0.1) is 5.82 Å². The summed E-state index contributed by atoms with van der Waals surface area (Å²) in [4.78, 5) is 11.7. The highest BCUT2D eigenvalue weighted by Gasteiger charge is 2.06. The second-order valence-electron chi connectivity index (χ2n) is 4.16. The standard InChI is InChI=1S/C15H15FN2O2/c16-12-5-3-6-13(8-12)18-15(19)10-20-14-7-2-1-4-11(14)9-17/h1-8H,9-10,17H2,(H,18,19). The first kappa shape index (κ1) is 14.0. The summed E-state index contributed by atoms with van der Waals surface area (Å²) in [5.41, 5.74) is 6.79. The fourth-order valence-electron chi connectivity index (χ4n) is 1.72. The van der Waals surface area contributed by atoms with E-state index >= 15 is 0 Å². The number of hydrogen-bond acceptors (Lipinski definition) is 3. The SMILES string of the molecule is NCc1ccccc1OCC(=O)Nc1cccc(F)c1. The maximum atomic E-state index is 13.0. The third kappa shape index (κ3) is 3.80. The molecule has 2 rings (SSSR count). The quantitative estimate of drug-likeness (QED) is 0.879. The van der Waals surface area contributed by atoms with Gasteiger partial charge in [-0.2, -0.15) is 0 Å². The van der Waals surface area contributed by atoms with Crippen LogP contribution in [0.3, 0.4) is 0 Å². The Morgan fingerprint density at radius 2 is 2.00 bits per heavy atom. The Hall–Kier alpha value is -2.40. The number of nitrogens with two attached hydrogens (primary N) is 1. The Bertz CT molecular complexity index is 602. The van der Waals surface area contributed by atoms with Crippen molar-refractivity contribution in [2.45, 2.75) is 6.54 Å². The molecule has 104 valence electrons. The van der Waals surface area contributed by atoms with Crippen molar-refractivity contribution in [1.82, 2.24) is 0 Å². The van der Waals surface area contributed by atoms with Crippen molar-refractivity contribution in [2.75, 3.05) is 11.9 Å². The average Bonchev–Trinajstić information content (AvgIpc) is 2.45. The second-order valence-corrected chi connectivity index (χ2v) is 4.16. The molecule has 0 bridgehead atoms. The zero-order chi connectivity index (χ0) is 14.4. The average molecular weight is 274 g/mol. The van der Waals surface area contributed by atoms with E-state index in [1.807, 2.05) is 12.1 Å². The van der Waals surface area contributed by atoms with Gasteiger partial charge in [0.25, 0.3) is 5.91 Å². The molecule has 2 aromatic rings. The lowest BCUT2D eigenvalue weighted by atomic mass is 10.2. The molecule has 0 unspecified atom stereocenters. The molecule has 0 heterocycles. The van der Waals surface area contributed by atoms with Crippen LogP contribution in [0.2, 0.25) is 0 Å². The highest BCUT2D eigenvalue weighted by molar-refractivity contribution is 5.91. The minimum Gasteiger partial charge on any atom is -0.483 e. The molecule has 0 spiro atoms. The van der Waals surface area contributed by atoms with Gasteiger partial charge >= 0.3 is 0 Å². The molecule has 0 fully saturated rings. The highest BCUT2D eigenvalue weighted by Crippen LogP contribution is 2.17. The van der Waals surface area contributed by atoms with Crippen LogP contribution in [0.25, 0.3) is 0 Å². The fraction of sp³-hybridized carbons (Fsp3) is 0.133. The van der Waals surface area contributed by atoms with Crippen molar-refractivity contribution in [3.05, 3.63) is 59.9 Å². The van der Waals surface area contributed by atoms with Crippen molar-refractivity contribution in [3.63, 3.8) is 0 Å². The van der Waals surface area contributed by atoms with Gasteiger partial charge in [0.15, 0.2) is 6.61 Å². The number of para-hydroxylation sites is 1. The molecule has 20 heavy (non-hydrogen) atoms. The number of amides is 1. The summed E-state index contributed by atoms with van der Waals surface area (Å²) in [7, 11) is 0. The van der Waals surface area contributed by atoms with Crippen molar-refractivity contribution < 1.29 is 13.9 Å². The first-order valence-corrected chi connectivity index (χ1v) is 6.15. The van der Waals surface area contributed by atoms with Crippen LogP contribution >= 0.6 is 0 Å². The van der Waals surface area contributed by atoms with E-state index in [4.69, 9.17) is 10.5 Å². The van der Waals surface area contributed by atoms with Crippen LogP contribution in [0.1, 0.15) is 5.56 Å². The van der Waals surface area contributed by atoms with Gasteiger partial charge in [-0.15, -0.1) is 0 Å². The monoisotopic (exact) mass is 274 g/mol. The van der Waals surface area contributed by atoms with Crippen molar-refractivity contribution in [3.8, 4) is 5.75 Å². The number of rotatable bonds is 5. The first-order chi connectivity index (χ1) is 9.69. The van der Waals surface area contributed by atoms with E-state index in [-0.39, 0.29) is 12.5 Å². The molecule has 0 aromatic heterocycles. The van der Waals surface area contributed by atoms with Crippen molar-refractivity contribution in [2.24, 2.45) is 5.73 Å². The smallest absolute Gasteiger partial charge is 0.262 e. The molecule has 1 amide bonds. The van der Waals surface area contributed by atoms with Crippen LogP contribution < -0.4 is 15.8 Å². The zero-order valence-electron chi connectivity index (χ0n) is 10.8. The lowest BCUT2D eigenvalue weighted by Crippen LogP contribution is -2.20. The van der Waals surface area contributed by atoms with Crippen molar-refractivity contribution >= 4 is 11.6 Å². The molecule has 2 aromatic carbocycles. The van der Waals surface area contributed by atoms with E-state index in [1.54, 1.807) is 18.2 Å². The summed E-state index contributed by atoms with van der Waals surface area (Å²) in [6, 6.07) is 12.9. The van der Waals surface area contributed by atoms with Gasteiger partial charge in [0.1, 0.15) is 11.6 Å². The molecule has 0 aliphatic rings. The Morgan fingerprint density at radius 1 is 1.20 bits per heavy atom. The molecule has 5 heteroatoms. The predicted molar refractivity (Wildman–Crippen MR) is 74.9 cm³/mol. The van der Waals surface area contributed by atoms with Gasteiger partial charge in [-0.25, -0.2) is 4.39 Å². The van der Waals surface area contributed by atoms with Gasteiger partial charge in [-0.1, -0.05) is 24.3 Å². The number of carbonyl (C=O) groups excluding carboxylic acids is 1. The van der Waals surface area contributed by atoms with Crippen LogP contribution in [0.5, 0.6) is 5.75 Å². The molecule has 4 nitrogen and oxygen atoms in total. The molecule has 0 radical (unpaired) electrons. The third-order valence-electron chi connectivity index (χ3n) is 2.66. The highest BCUT2D eigenvalue weighted by atomic mass is 19.1. The topological polar surface area (TPSA) is 64.3 Å². The Morgan fingerprint density at radius 3 is 2.75 bits per heavy atom. The van der Waals surface area contributed by atoms with Crippen molar-refractivity contribution in [1.29, 1.82) is 0 Å². The van der Waals surface area contributed by atoms with E-state index < -0.39 is 5.82 Å². The Labute approximate surface area is 116 Å². The summed E-state index contributed by atoms with van der Waals surface area (Å²) in [5, 5.41) is 2.56. The van der Waals surface area contributed by atoms with Gasteiger partial charge < -0.3 is 15.8 Å². The normalized spacial score (nSPS) is 10.1. The number of hydrogen-bond donors (Lipinski definition) is 2. The molecular formula is C15H15FN2O2. The molecule has 0 saturated heterocycles. The van der Waals surface area contributed by atoms with Gasteiger partial charge in [0, 0.05) is 17.8 Å². The van der Waals surface area contributed by atoms with Gasteiger partial charge in [0.2, 0.25) is 0 Å². The summed E-state index contributed by atoms with van der Waals surface area (Å²) in [6.07, 6.45) is 0. The summed E-state index contributed by atoms with van der Waals surface area (Å²) in [5.74, 6) is -0.191. The van der Waals surface area contributed by atoms with Gasteiger partial charge in [-0.3, -0.25) is 4.79 Å². The largest absolute Gasteiger partial charge is 0.483 e. The van der Waals surface area contributed by atoms with Crippen LogP contribution in [-0.2, 0) is 11.3 Å². The number of halogens is 1. The molecule has 0 atom stereocenters. The number of benzene rings is 2. The Balaban J connectivity index is 1.92. The number of carbonyl (C=O) groups is 1. The molecular weight excluding hydrogens is 259 g/mol. The summed E-state index contributed by atoms with van der Waals surface area (Å²) >= 11 is 0. The lowest BCUT2D eigenvalue weighted by Gasteiger charge is -2.10. The maximum absolute atomic E-state index is 13.0. The number of ether oxygens (including phenoxy) is 1. The molecule has 0 saturated carbocycles. The van der Waals surface area contributed by atoms with Crippen LogP contribution in [0.15, 0.2) is 48.5 Å². The lowest BCUT2D eigenvalue weighted by molar-refractivity contribution is -0.118. The Kier molecular flexibility index (Phi) is 4.68. The third-order valence-corrected chi connectivity index (χ3v) is 2.66. The van der Waals surface area contributed by atoms with Crippen LogP contribution in [-0.4, -0.2) is 12.5 Å². The van der Waals surface area contributed by atoms with E-state index in [2.05, 4.69) is 5.32 Å². The fourth-order valence-corrected chi connectivity index (χ4v) is 1.72. The van der Waals surface area contributed by atoms with E-state index in [1.165, 1.54) is 18.2 Å². The second kappa shape index (κ2) is 6.68. The first-order valence-electron chi connectivity index (χ1n) is 6.15. The molecule has 0 aliphatic carbocycles. The molecule has 0 aliphatic heterocycles. The van der Waals surface area contributed by atoms with Gasteiger partial charge in [0.05, 0.1) is 0 Å². The summed E-state index contributed by atoms with van der Waals surface area (Å²) in [6.45, 7) is 0.176. The zero-order valence-corrected chi connectivity index (χ0v) is 10.8. The predicted octanol–water partition coefficient (Wildman–Crippen LogP) is 2.30. The maximum Gasteiger partial charge on any atom is 0.262 e. The van der Waals surface area contributed by atoms with E-state index in [0.29, 0.717) is 18.0 Å². The minimum atomic E-state index is -0.405. The van der Waals surface area contributed by atoms with Gasteiger partial charge in [-0.05, 0) is 24.3 Å². The summed E-state index contributed by atoms with van der Waals surface area (Å²) < 4.78 is 18.4. The van der Waals surface area contributed by atoms with Crippen LogP contribution in [0.4, 0.5) is 10.1 Å². The number of anilines is 1.